The molecule has 2 fully saturated rings. The van der Waals surface area contributed by atoms with Crippen LogP contribution in [-0.2, 0) is 4.79 Å². The first kappa shape index (κ1) is 11.5. The van der Waals surface area contributed by atoms with Crippen molar-refractivity contribution in [3.8, 4) is 0 Å². The zero-order valence-electron chi connectivity index (χ0n) is 10.5. The Morgan fingerprint density at radius 3 is 2.78 bits per heavy atom. The van der Waals surface area contributed by atoms with Crippen molar-refractivity contribution in [2.24, 2.45) is 0 Å². The van der Waals surface area contributed by atoms with E-state index in [1.54, 1.807) is 0 Å². The van der Waals surface area contributed by atoms with Crippen LogP contribution in [0.25, 0.3) is 0 Å². The lowest BCUT2D eigenvalue weighted by atomic mass is 9.93. The first-order valence-corrected chi connectivity index (χ1v) is 6.80. The summed E-state index contributed by atoms with van der Waals surface area (Å²) in [6.45, 7) is 0.871. The van der Waals surface area contributed by atoms with Crippen molar-refractivity contribution in [2.75, 3.05) is 11.9 Å². The molecule has 1 amide bonds. The minimum absolute atomic E-state index is 0.229. The van der Waals surface area contributed by atoms with Gasteiger partial charge in [-0.1, -0.05) is 6.07 Å². The van der Waals surface area contributed by atoms with Gasteiger partial charge in [-0.3, -0.25) is 4.79 Å². The van der Waals surface area contributed by atoms with Crippen LogP contribution < -0.4 is 5.32 Å². The number of nitrogens with zero attached hydrogens (tertiary/aromatic N) is 2. The van der Waals surface area contributed by atoms with Gasteiger partial charge in [0.15, 0.2) is 0 Å². The molecule has 1 aromatic heterocycles. The fourth-order valence-corrected chi connectivity index (χ4v) is 2.72. The SMILES string of the molecule is O=CN1CCC[C@@H]1c1ccc(NC2CCC2)nc1. The molecule has 1 aromatic rings. The van der Waals surface area contributed by atoms with Gasteiger partial charge in [-0.05, 0) is 43.7 Å². The third-order valence-corrected chi connectivity index (χ3v) is 4.06. The van der Waals surface area contributed by atoms with Crippen molar-refractivity contribution in [1.82, 2.24) is 9.88 Å². The zero-order chi connectivity index (χ0) is 12.4. The molecule has 18 heavy (non-hydrogen) atoms. The molecular formula is C14H19N3O. The van der Waals surface area contributed by atoms with Gasteiger partial charge in [-0.2, -0.15) is 0 Å². The highest BCUT2D eigenvalue weighted by atomic mass is 16.1. The van der Waals surface area contributed by atoms with Crippen molar-refractivity contribution < 1.29 is 4.79 Å². The summed E-state index contributed by atoms with van der Waals surface area (Å²) in [6, 6.07) is 4.98. The van der Waals surface area contributed by atoms with Gasteiger partial charge in [0.2, 0.25) is 6.41 Å². The largest absolute Gasteiger partial charge is 0.367 e. The van der Waals surface area contributed by atoms with Gasteiger partial charge in [0.1, 0.15) is 5.82 Å². The smallest absolute Gasteiger partial charge is 0.210 e. The molecule has 2 aliphatic rings. The summed E-state index contributed by atoms with van der Waals surface area (Å²) in [5.41, 5.74) is 1.15. The van der Waals surface area contributed by atoms with E-state index in [2.05, 4.69) is 16.4 Å². The van der Waals surface area contributed by atoms with E-state index in [-0.39, 0.29) is 6.04 Å². The van der Waals surface area contributed by atoms with Crippen molar-refractivity contribution in [3.05, 3.63) is 23.9 Å². The van der Waals surface area contributed by atoms with Crippen molar-refractivity contribution >= 4 is 12.2 Å². The van der Waals surface area contributed by atoms with Crippen LogP contribution in [0.1, 0.15) is 43.7 Å². The topological polar surface area (TPSA) is 45.2 Å². The number of hydrogen-bond donors (Lipinski definition) is 1. The number of nitrogens with one attached hydrogen (secondary N) is 1. The number of amides is 1. The zero-order valence-corrected chi connectivity index (χ0v) is 10.5. The fourth-order valence-electron chi connectivity index (χ4n) is 2.72. The molecule has 1 saturated carbocycles. The summed E-state index contributed by atoms with van der Waals surface area (Å²) >= 11 is 0. The highest BCUT2D eigenvalue weighted by Crippen LogP contribution is 2.30. The maximum absolute atomic E-state index is 10.9. The second kappa shape index (κ2) is 4.96. The van der Waals surface area contributed by atoms with Crippen LogP contribution in [0, 0.1) is 0 Å². The van der Waals surface area contributed by atoms with Crippen molar-refractivity contribution in [2.45, 2.75) is 44.2 Å². The number of rotatable bonds is 4. The van der Waals surface area contributed by atoms with Crippen LogP contribution in [0.2, 0.25) is 0 Å². The van der Waals surface area contributed by atoms with Gasteiger partial charge in [0.05, 0.1) is 6.04 Å². The summed E-state index contributed by atoms with van der Waals surface area (Å²) < 4.78 is 0. The number of anilines is 1. The van der Waals surface area contributed by atoms with E-state index in [0.29, 0.717) is 6.04 Å². The average molecular weight is 245 g/mol. The van der Waals surface area contributed by atoms with Gasteiger partial charge in [0.25, 0.3) is 0 Å². The molecule has 0 spiro atoms. The second-order valence-corrected chi connectivity index (χ2v) is 5.25. The Labute approximate surface area is 107 Å². The first-order chi connectivity index (χ1) is 8.86. The van der Waals surface area contributed by atoms with E-state index in [9.17, 15) is 4.79 Å². The quantitative estimate of drug-likeness (QED) is 0.828. The summed E-state index contributed by atoms with van der Waals surface area (Å²) in [7, 11) is 0. The molecule has 1 N–H and O–H groups in total. The van der Waals surface area contributed by atoms with Crippen molar-refractivity contribution in [1.29, 1.82) is 0 Å². The molecule has 1 atom stereocenters. The molecule has 0 unspecified atom stereocenters. The van der Waals surface area contributed by atoms with Crippen molar-refractivity contribution in [3.63, 3.8) is 0 Å². The monoisotopic (exact) mass is 245 g/mol. The van der Waals surface area contributed by atoms with Gasteiger partial charge in [-0.25, -0.2) is 4.98 Å². The number of carbonyl (C=O) groups excluding carboxylic acids is 1. The molecular weight excluding hydrogens is 226 g/mol. The molecule has 0 bridgehead atoms. The maximum atomic E-state index is 10.9. The van der Waals surface area contributed by atoms with E-state index in [1.165, 1.54) is 19.3 Å². The van der Waals surface area contributed by atoms with Gasteiger partial charge in [0, 0.05) is 18.8 Å². The number of carbonyl (C=O) groups is 1. The third kappa shape index (κ3) is 2.19. The Morgan fingerprint density at radius 1 is 1.28 bits per heavy atom. The van der Waals surface area contributed by atoms with E-state index in [1.807, 2.05) is 17.2 Å². The van der Waals surface area contributed by atoms with Crippen LogP contribution >= 0.6 is 0 Å². The summed E-state index contributed by atoms with van der Waals surface area (Å²) in [5.74, 6) is 0.958. The molecule has 1 saturated heterocycles. The maximum Gasteiger partial charge on any atom is 0.210 e. The van der Waals surface area contributed by atoms with Crippen LogP contribution in [0.3, 0.4) is 0 Å². The molecule has 1 aliphatic heterocycles. The molecule has 0 radical (unpaired) electrons. The molecule has 4 heteroatoms. The lowest BCUT2D eigenvalue weighted by Gasteiger charge is -2.27. The van der Waals surface area contributed by atoms with E-state index < -0.39 is 0 Å². The first-order valence-electron chi connectivity index (χ1n) is 6.80. The number of hydrogen-bond acceptors (Lipinski definition) is 3. The fraction of sp³-hybridized carbons (Fsp3) is 0.571. The number of pyridine rings is 1. The lowest BCUT2D eigenvalue weighted by molar-refractivity contribution is -0.118. The minimum atomic E-state index is 0.229. The van der Waals surface area contributed by atoms with Gasteiger partial charge >= 0.3 is 0 Å². The predicted octanol–water partition coefficient (Wildman–Crippen LogP) is 2.34. The molecule has 2 heterocycles. The Balaban J connectivity index is 1.67. The Hall–Kier alpha value is -1.58. The summed E-state index contributed by atoms with van der Waals surface area (Å²) in [5, 5.41) is 3.43. The van der Waals surface area contributed by atoms with E-state index in [0.717, 1.165) is 37.2 Å². The standard InChI is InChI=1S/C14H19N3O/c18-10-17-8-2-5-13(17)11-6-7-14(15-9-11)16-12-3-1-4-12/h6-7,9-10,12-13H,1-5,8H2,(H,15,16)/t13-/m1/s1. The predicted molar refractivity (Wildman–Crippen MR) is 70.2 cm³/mol. The highest BCUT2D eigenvalue weighted by molar-refractivity contribution is 5.50. The third-order valence-electron chi connectivity index (χ3n) is 4.06. The molecule has 3 rings (SSSR count). The van der Waals surface area contributed by atoms with Gasteiger partial charge < -0.3 is 10.2 Å². The van der Waals surface area contributed by atoms with E-state index in [4.69, 9.17) is 0 Å². The van der Waals surface area contributed by atoms with Crippen LogP contribution in [0.5, 0.6) is 0 Å². The number of likely N-dealkylation sites (tertiary alicyclic amines) is 1. The minimum Gasteiger partial charge on any atom is -0.367 e. The second-order valence-electron chi connectivity index (χ2n) is 5.25. The van der Waals surface area contributed by atoms with Crippen LogP contribution in [-0.4, -0.2) is 28.9 Å². The normalized spacial score (nSPS) is 23.8. The summed E-state index contributed by atoms with van der Waals surface area (Å²) in [4.78, 5) is 17.3. The lowest BCUT2D eigenvalue weighted by Crippen LogP contribution is -2.27. The highest BCUT2D eigenvalue weighted by Gasteiger charge is 2.25. The van der Waals surface area contributed by atoms with Crippen LogP contribution in [0.15, 0.2) is 18.3 Å². The molecule has 4 nitrogen and oxygen atoms in total. The Bertz CT molecular complexity index is 414. The molecule has 1 aliphatic carbocycles. The molecule has 0 aromatic carbocycles. The average Bonchev–Trinajstić information content (AvgIpc) is 2.83. The summed E-state index contributed by atoms with van der Waals surface area (Å²) in [6.07, 6.45) is 8.84. The van der Waals surface area contributed by atoms with Gasteiger partial charge in [-0.15, -0.1) is 0 Å². The van der Waals surface area contributed by atoms with Crippen LogP contribution in [0.4, 0.5) is 5.82 Å². The Morgan fingerprint density at radius 2 is 2.17 bits per heavy atom. The van der Waals surface area contributed by atoms with E-state index >= 15 is 0 Å². The Kier molecular flexibility index (Phi) is 3.17. The molecule has 96 valence electrons. The number of aromatic nitrogens is 1.